The van der Waals surface area contributed by atoms with Gasteiger partial charge in [0, 0.05) is 20.2 Å². The number of carbonyl (C=O) groups is 2. The number of benzene rings is 2. The molecule has 2 heterocycles. The third-order valence-corrected chi connectivity index (χ3v) is 6.06. The highest BCUT2D eigenvalue weighted by molar-refractivity contribution is 7.36. The topological polar surface area (TPSA) is 80.3 Å². The van der Waals surface area contributed by atoms with Crippen LogP contribution >= 0.6 is 22.7 Å². The van der Waals surface area contributed by atoms with E-state index < -0.39 is 11.9 Å². The lowest BCUT2D eigenvalue weighted by molar-refractivity contribution is -0.256. The van der Waals surface area contributed by atoms with Crippen molar-refractivity contribution in [3.8, 4) is 0 Å². The predicted molar refractivity (Wildman–Crippen MR) is 83.4 cm³/mol. The molecular weight excluding hydrogens is 320 g/mol. The third kappa shape index (κ3) is 1.81. The van der Waals surface area contributed by atoms with E-state index in [0.717, 1.165) is 29.6 Å². The van der Waals surface area contributed by atoms with E-state index in [9.17, 15) is 19.8 Å². The number of fused-ring (bicyclic) bond motifs is 5. The van der Waals surface area contributed by atoms with E-state index in [-0.39, 0.29) is 11.1 Å². The summed E-state index contributed by atoms with van der Waals surface area (Å²) in [4.78, 5) is 21.9. The van der Waals surface area contributed by atoms with E-state index in [4.69, 9.17) is 0 Å². The molecule has 22 heavy (non-hydrogen) atoms. The molecule has 0 saturated carbocycles. The highest BCUT2D eigenvalue weighted by Crippen LogP contribution is 2.44. The SMILES string of the molecule is O=C([O-])c1ccc2c(c1)sc1c3ccc(C(=O)[O-])cc3sc21. The molecular formula is C16H6O4S2-2. The normalized spacial score (nSPS) is 11.5. The summed E-state index contributed by atoms with van der Waals surface area (Å²) in [6.45, 7) is 0. The molecule has 0 N–H and O–H groups in total. The first-order chi connectivity index (χ1) is 10.5. The second kappa shape index (κ2) is 4.53. The van der Waals surface area contributed by atoms with Crippen LogP contribution < -0.4 is 10.2 Å². The van der Waals surface area contributed by atoms with Gasteiger partial charge in [0.2, 0.25) is 0 Å². The molecule has 0 atom stereocenters. The van der Waals surface area contributed by atoms with Crippen LogP contribution in [0.25, 0.3) is 29.6 Å². The van der Waals surface area contributed by atoms with Crippen molar-refractivity contribution in [3.05, 3.63) is 47.5 Å². The van der Waals surface area contributed by atoms with Gasteiger partial charge in [0.15, 0.2) is 0 Å². The van der Waals surface area contributed by atoms with Crippen molar-refractivity contribution < 1.29 is 19.8 Å². The van der Waals surface area contributed by atoms with Crippen molar-refractivity contribution in [3.63, 3.8) is 0 Å². The number of hydrogen-bond donors (Lipinski definition) is 0. The lowest BCUT2D eigenvalue weighted by Gasteiger charge is -2.01. The standard InChI is InChI=1S/C16H8O4S2/c17-15(18)7-1-3-9-11(5-7)21-14-10-4-2-8(16(19)20)6-12(10)22-13(9)14/h1-6H,(H,17,18)(H,19,20)/p-2. The van der Waals surface area contributed by atoms with Crippen LogP contribution in [0, 0.1) is 0 Å². The van der Waals surface area contributed by atoms with E-state index in [1.54, 1.807) is 24.3 Å². The van der Waals surface area contributed by atoms with Gasteiger partial charge in [-0.05, 0) is 23.3 Å². The maximum atomic E-state index is 10.9. The van der Waals surface area contributed by atoms with Crippen LogP contribution in [-0.4, -0.2) is 11.9 Å². The number of rotatable bonds is 2. The van der Waals surface area contributed by atoms with Crippen LogP contribution in [0.5, 0.6) is 0 Å². The molecule has 2 aromatic heterocycles. The Bertz CT molecular complexity index is 1000. The first kappa shape index (κ1) is 13.2. The highest BCUT2D eigenvalue weighted by atomic mass is 32.1. The molecule has 4 aromatic rings. The Morgan fingerprint density at radius 3 is 1.50 bits per heavy atom. The van der Waals surface area contributed by atoms with Gasteiger partial charge in [0.05, 0.1) is 21.3 Å². The van der Waals surface area contributed by atoms with Gasteiger partial charge in [0.25, 0.3) is 0 Å². The minimum Gasteiger partial charge on any atom is -0.545 e. The molecule has 0 aliphatic heterocycles. The smallest absolute Gasteiger partial charge is 0.0715 e. The van der Waals surface area contributed by atoms with E-state index >= 15 is 0 Å². The number of carboxylic acid groups (broad SMARTS) is 2. The average molecular weight is 326 g/mol. The number of hydrogen-bond acceptors (Lipinski definition) is 6. The summed E-state index contributed by atoms with van der Waals surface area (Å²) in [6.07, 6.45) is 0. The molecule has 0 unspecified atom stereocenters. The van der Waals surface area contributed by atoms with E-state index in [1.165, 1.54) is 34.8 Å². The lowest BCUT2D eigenvalue weighted by Crippen LogP contribution is -2.21. The number of thiophene rings is 2. The molecule has 4 rings (SSSR count). The van der Waals surface area contributed by atoms with Gasteiger partial charge >= 0.3 is 0 Å². The molecule has 0 amide bonds. The number of carboxylic acids is 2. The maximum Gasteiger partial charge on any atom is 0.0715 e. The van der Waals surface area contributed by atoms with Gasteiger partial charge in [-0.2, -0.15) is 0 Å². The first-order valence-corrected chi connectivity index (χ1v) is 7.99. The predicted octanol–water partition coefficient (Wildman–Crippen LogP) is 2.00. The van der Waals surface area contributed by atoms with Gasteiger partial charge in [-0.25, -0.2) is 0 Å². The molecule has 0 aliphatic rings. The van der Waals surface area contributed by atoms with Gasteiger partial charge in [-0.3, -0.25) is 0 Å². The second-order valence-electron chi connectivity index (χ2n) is 4.86. The Balaban J connectivity index is 2.05. The van der Waals surface area contributed by atoms with Gasteiger partial charge in [-0.15, -0.1) is 22.7 Å². The Morgan fingerprint density at radius 2 is 1.14 bits per heavy atom. The molecule has 6 heteroatoms. The van der Waals surface area contributed by atoms with Crippen molar-refractivity contribution in [1.82, 2.24) is 0 Å². The molecule has 0 fully saturated rings. The van der Waals surface area contributed by atoms with Gasteiger partial charge in [-0.1, -0.05) is 24.3 Å². The molecule has 0 saturated heterocycles. The summed E-state index contributed by atoms with van der Waals surface area (Å²) in [5.74, 6) is -2.38. The third-order valence-electron chi connectivity index (χ3n) is 3.55. The minimum atomic E-state index is -1.19. The summed E-state index contributed by atoms with van der Waals surface area (Å²) in [5.41, 5.74) is 0.315. The monoisotopic (exact) mass is 326 g/mol. The van der Waals surface area contributed by atoms with Gasteiger partial charge < -0.3 is 19.8 Å². The fourth-order valence-corrected chi connectivity index (χ4v) is 5.24. The number of aromatic carboxylic acids is 2. The molecule has 4 nitrogen and oxygen atoms in total. The van der Waals surface area contributed by atoms with E-state index in [1.807, 2.05) is 0 Å². The number of carbonyl (C=O) groups excluding carboxylic acids is 2. The summed E-state index contributed by atoms with van der Waals surface area (Å²) in [6, 6.07) is 9.83. The van der Waals surface area contributed by atoms with Crippen molar-refractivity contribution >= 4 is 64.2 Å². The second-order valence-corrected chi connectivity index (χ2v) is 6.96. The highest BCUT2D eigenvalue weighted by Gasteiger charge is 2.13. The molecule has 108 valence electrons. The van der Waals surface area contributed by atoms with Crippen LogP contribution in [0.3, 0.4) is 0 Å². The van der Waals surface area contributed by atoms with Crippen LogP contribution in [0.1, 0.15) is 20.7 Å². The summed E-state index contributed by atoms with van der Waals surface area (Å²) in [5, 5.41) is 23.8. The summed E-state index contributed by atoms with van der Waals surface area (Å²) < 4.78 is 3.84. The Morgan fingerprint density at radius 1 is 0.727 bits per heavy atom. The minimum absolute atomic E-state index is 0.157. The fourth-order valence-electron chi connectivity index (χ4n) is 2.51. The van der Waals surface area contributed by atoms with E-state index in [2.05, 4.69) is 0 Å². The Hall–Kier alpha value is -2.44. The zero-order valence-electron chi connectivity index (χ0n) is 10.9. The largest absolute Gasteiger partial charge is 0.545 e. The first-order valence-electron chi connectivity index (χ1n) is 6.36. The summed E-state index contributed by atoms with van der Waals surface area (Å²) in [7, 11) is 0. The van der Waals surface area contributed by atoms with Crippen molar-refractivity contribution in [1.29, 1.82) is 0 Å². The maximum absolute atomic E-state index is 10.9. The van der Waals surface area contributed by atoms with Crippen molar-refractivity contribution in [2.24, 2.45) is 0 Å². The van der Waals surface area contributed by atoms with Crippen LogP contribution in [0.15, 0.2) is 36.4 Å². The van der Waals surface area contributed by atoms with Crippen molar-refractivity contribution in [2.75, 3.05) is 0 Å². The molecule has 0 aliphatic carbocycles. The van der Waals surface area contributed by atoms with Crippen molar-refractivity contribution in [2.45, 2.75) is 0 Å². The zero-order chi connectivity index (χ0) is 15.4. The van der Waals surface area contributed by atoms with Crippen LogP contribution in [0.2, 0.25) is 0 Å². The summed E-state index contributed by atoms with van der Waals surface area (Å²) >= 11 is 3.00. The Kier molecular flexibility index (Phi) is 2.72. The fraction of sp³-hybridized carbons (Fsp3) is 0. The quantitative estimate of drug-likeness (QED) is 0.564. The van der Waals surface area contributed by atoms with Crippen LogP contribution in [-0.2, 0) is 0 Å². The average Bonchev–Trinajstić information content (AvgIpc) is 3.01. The molecule has 0 radical (unpaired) electrons. The van der Waals surface area contributed by atoms with Gasteiger partial charge in [0.1, 0.15) is 0 Å². The van der Waals surface area contributed by atoms with E-state index in [0.29, 0.717) is 0 Å². The molecule has 0 bridgehead atoms. The molecule has 0 spiro atoms. The Labute approximate surface area is 131 Å². The zero-order valence-corrected chi connectivity index (χ0v) is 12.5. The molecule has 2 aromatic carbocycles. The lowest BCUT2D eigenvalue weighted by atomic mass is 10.1. The van der Waals surface area contributed by atoms with Crippen LogP contribution in [0.4, 0.5) is 0 Å².